The Balaban J connectivity index is 3.08. The summed E-state index contributed by atoms with van der Waals surface area (Å²) in [5, 5.41) is 2.15. The number of nitrogens with one attached hydrogen (secondary N) is 1. The van der Waals surface area contributed by atoms with E-state index < -0.39 is 15.8 Å². The number of hydrogen-bond donors (Lipinski definition) is 1. The predicted molar refractivity (Wildman–Crippen MR) is 77.4 cm³/mol. The Kier molecular flexibility index (Phi) is 5.68. The SMILES string of the molecule is CC=S(=O)(NC(=O)OCC)c1cccc(CBr)c1. The molecule has 1 rings (SSSR count). The molecule has 1 aromatic carbocycles. The number of alkyl halides is 1. The number of ether oxygens (including phenoxy) is 1. The van der Waals surface area contributed by atoms with Gasteiger partial charge in [-0.15, -0.1) is 0 Å². The van der Waals surface area contributed by atoms with Gasteiger partial charge in [-0.2, -0.15) is 0 Å². The average molecular weight is 334 g/mol. The summed E-state index contributed by atoms with van der Waals surface area (Å²) < 4.78 is 19.8. The molecule has 1 N–H and O–H groups in total. The minimum Gasteiger partial charge on any atom is -0.449 e. The van der Waals surface area contributed by atoms with Crippen LogP contribution >= 0.6 is 15.9 Å². The second kappa shape index (κ2) is 6.80. The molecule has 18 heavy (non-hydrogen) atoms. The van der Waals surface area contributed by atoms with E-state index in [-0.39, 0.29) is 6.61 Å². The van der Waals surface area contributed by atoms with Crippen molar-refractivity contribution in [3.8, 4) is 0 Å². The zero-order valence-corrected chi connectivity index (χ0v) is 12.7. The van der Waals surface area contributed by atoms with Crippen LogP contribution in [0.1, 0.15) is 19.4 Å². The highest BCUT2D eigenvalue weighted by Gasteiger charge is 2.14. The molecule has 0 aliphatic carbocycles. The van der Waals surface area contributed by atoms with Gasteiger partial charge in [0.1, 0.15) is 0 Å². The Morgan fingerprint density at radius 1 is 1.56 bits per heavy atom. The maximum absolute atomic E-state index is 12.6. The van der Waals surface area contributed by atoms with E-state index in [9.17, 15) is 9.00 Å². The molecule has 0 aliphatic rings. The van der Waals surface area contributed by atoms with Crippen molar-refractivity contribution in [3.63, 3.8) is 0 Å². The van der Waals surface area contributed by atoms with Crippen LogP contribution in [-0.4, -0.2) is 22.3 Å². The van der Waals surface area contributed by atoms with Crippen molar-refractivity contribution < 1.29 is 13.7 Å². The van der Waals surface area contributed by atoms with E-state index in [0.717, 1.165) is 5.56 Å². The molecule has 0 bridgehead atoms. The quantitative estimate of drug-likeness (QED) is 0.680. The highest BCUT2D eigenvalue weighted by Crippen LogP contribution is 2.14. The lowest BCUT2D eigenvalue weighted by Crippen LogP contribution is -2.32. The van der Waals surface area contributed by atoms with Gasteiger partial charge in [-0.3, -0.25) is 0 Å². The smallest absolute Gasteiger partial charge is 0.418 e. The summed E-state index contributed by atoms with van der Waals surface area (Å²) in [6.45, 7) is 3.59. The first kappa shape index (κ1) is 15.0. The average Bonchev–Trinajstić information content (AvgIpc) is 2.39. The van der Waals surface area contributed by atoms with Crippen molar-refractivity contribution in [2.75, 3.05) is 6.61 Å². The van der Waals surface area contributed by atoms with Gasteiger partial charge in [0.2, 0.25) is 0 Å². The molecule has 1 aromatic rings. The molecule has 1 unspecified atom stereocenters. The maximum Gasteiger partial charge on any atom is 0.418 e. The summed E-state index contributed by atoms with van der Waals surface area (Å²) in [5.41, 5.74) is 0.993. The second-order valence-electron chi connectivity index (χ2n) is 3.44. The van der Waals surface area contributed by atoms with Gasteiger partial charge in [0.15, 0.2) is 0 Å². The van der Waals surface area contributed by atoms with Crippen molar-refractivity contribution >= 4 is 37.1 Å². The summed E-state index contributed by atoms with van der Waals surface area (Å²) in [4.78, 5) is 12.0. The van der Waals surface area contributed by atoms with E-state index in [0.29, 0.717) is 10.2 Å². The number of rotatable bonds is 4. The molecule has 0 aromatic heterocycles. The summed E-state index contributed by atoms with van der Waals surface area (Å²) in [6.07, 6.45) is -0.676. The van der Waals surface area contributed by atoms with E-state index in [1.165, 1.54) is 5.37 Å². The van der Waals surface area contributed by atoms with Crippen molar-refractivity contribution in [1.82, 2.24) is 4.72 Å². The molecule has 1 atom stereocenters. The lowest BCUT2D eigenvalue weighted by atomic mass is 10.2. The lowest BCUT2D eigenvalue weighted by molar-refractivity contribution is 0.159. The molecule has 0 heterocycles. The highest BCUT2D eigenvalue weighted by atomic mass is 79.9. The number of hydrogen-bond acceptors (Lipinski definition) is 3. The van der Waals surface area contributed by atoms with Gasteiger partial charge in [0.05, 0.1) is 21.2 Å². The summed E-state index contributed by atoms with van der Waals surface area (Å²) in [6, 6.07) is 7.24. The molecule has 100 valence electrons. The molecule has 1 amide bonds. The first-order valence-electron chi connectivity index (χ1n) is 5.48. The van der Waals surface area contributed by atoms with Crippen molar-refractivity contribution in [3.05, 3.63) is 29.8 Å². The number of amides is 1. The van der Waals surface area contributed by atoms with Gasteiger partial charge in [0, 0.05) is 5.33 Å². The number of carbonyl (C=O) groups excluding carboxylic acids is 1. The third-order valence-electron chi connectivity index (χ3n) is 2.25. The molecule has 0 saturated heterocycles. The standard InChI is InChI=1S/C12H16BrNO3S/c1-3-17-12(15)14-18(16,4-2)11-7-5-6-10(8-11)9-13/h4-8H,3,9H2,1-2H3,(H,14,15,16). The van der Waals surface area contributed by atoms with Gasteiger partial charge in [-0.1, -0.05) is 28.1 Å². The van der Waals surface area contributed by atoms with Crippen LogP contribution in [0, 0.1) is 0 Å². The molecule has 0 fully saturated rings. The monoisotopic (exact) mass is 333 g/mol. The number of benzene rings is 1. The van der Waals surface area contributed by atoms with Gasteiger partial charge in [-0.05, 0) is 36.9 Å². The summed E-state index contributed by atoms with van der Waals surface area (Å²) >= 11 is 3.34. The number of carbonyl (C=O) groups is 1. The Labute approximate surface area is 116 Å². The van der Waals surface area contributed by atoms with Crippen molar-refractivity contribution in [1.29, 1.82) is 0 Å². The zero-order valence-electron chi connectivity index (χ0n) is 10.3. The molecule has 0 radical (unpaired) electrons. The minimum absolute atomic E-state index is 0.243. The van der Waals surface area contributed by atoms with Crippen LogP contribution in [0.15, 0.2) is 29.2 Å². The summed E-state index contributed by atoms with van der Waals surface area (Å²) in [7, 11) is -2.73. The van der Waals surface area contributed by atoms with Crippen molar-refractivity contribution in [2.24, 2.45) is 0 Å². The molecule has 0 saturated carbocycles. The Hall–Kier alpha value is -1.01. The topological polar surface area (TPSA) is 55.4 Å². The first-order valence-corrected chi connectivity index (χ1v) is 8.23. The number of halogens is 1. The summed E-state index contributed by atoms with van der Waals surface area (Å²) in [5.74, 6) is 0. The largest absolute Gasteiger partial charge is 0.449 e. The fourth-order valence-corrected chi connectivity index (χ4v) is 3.13. The fourth-order valence-electron chi connectivity index (χ4n) is 1.36. The predicted octanol–water partition coefficient (Wildman–Crippen LogP) is 2.71. The van der Waals surface area contributed by atoms with E-state index in [4.69, 9.17) is 4.74 Å². The van der Waals surface area contributed by atoms with Crippen LogP contribution in [0.25, 0.3) is 0 Å². The van der Waals surface area contributed by atoms with Gasteiger partial charge < -0.3 is 4.74 Å². The Morgan fingerprint density at radius 2 is 2.28 bits per heavy atom. The third kappa shape index (κ3) is 3.74. The van der Waals surface area contributed by atoms with E-state index in [1.807, 2.05) is 12.1 Å². The van der Waals surface area contributed by atoms with E-state index >= 15 is 0 Å². The van der Waals surface area contributed by atoms with Crippen LogP contribution in [0.4, 0.5) is 4.79 Å². The zero-order chi connectivity index (χ0) is 13.6. The molecular weight excluding hydrogens is 318 g/mol. The molecule has 0 spiro atoms. The van der Waals surface area contributed by atoms with Crippen LogP contribution < -0.4 is 4.72 Å². The molecule has 6 heteroatoms. The van der Waals surface area contributed by atoms with Gasteiger partial charge in [-0.25, -0.2) is 13.7 Å². The van der Waals surface area contributed by atoms with Crippen LogP contribution in [0.3, 0.4) is 0 Å². The highest BCUT2D eigenvalue weighted by molar-refractivity contribution is 9.08. The van der Waals surface area contributed by atoms with Crippen LogP contribution in [-0.2, 0) is 19.8 Å². The molecule has 0 aliphatic heterocycles. The first-order chi connectivity index (χ1) is 8.55. The Morgan fingerprint density at radius 3 is 2.83 bits per heavy atom. The van der Waals surface area contributed by atoms with Gasteiger partial charge in [0.25, 0.3) is 0 Å². The lowest BCUT2D eigenvalue weighted by Gasteiger charge is -2.13. The molecular formula is C12H16BrNO3S. The molecule has 4 nitrogen and oxygen atoms in total. The normalized spacial score (nSPS) is 13.5. The van der Waals surface area contributed by atoms with E-state index in [2.05, 4.69) is 20.7 Å². The fraction of sp³-hybridized carbons (Fsp3) is 0.333. The van der Waals surface area contributed by atoms with Crippen LogP contribution in [0.2, 0.25) is 0 Å². The third-order valence-corrected chi connectivity index (χ3v) is 4.98. The maximum atomic E-state index is 12.6. The van der Waals surface area contributed by atoms with Crippen molar-refractivity contribution in [2.45, 2.75) is 24.1 Å². The Bertz CT molecular complexity index is 536. The van der Waals surface area contributed by atoms with Crippen LogP contribution in [0.5, 0.6) is 0 Å². The van der Waals surface area contributed by atoms with Gasteiger partial charge >= 0.3 is 6.09 Å². The minimum atomic E-state index is -2.73. The second-order valence-corrected chi connectivity index (χ2v) is 6.35. The van der Waals surface area contributed by atoms with E-state index in [1.54, 1.807) is 26.0 Å².